The number of ether oxygens (including phenoxy) is 2. The summed E-state index contributed by atoms with van der Waals surface area (Å²) in [4.78, 5) is 10.8. The van der Waals surface area contributed by atoms with Crippen molar-refractivity contribution in [2.75, 3.05) is 13.2 Å². The third-order valence-electron chi connectivity index (χ3n) is 1.80. The fraction of sp³-hybridized carbons (Fsp3) is 0.250. The largest absolute Gasteiger partial charge is 0.490 e. The molecule has 0 atom stereocenters. The number of rotatable bonds is 5. The smallest absolute Gasteiger partial charge is 0.163 e. The van der Waals surface area contributed by atoms with Crippen LogP contribution in [0.5, 0.6) is 11.5 Å². The molecule has 0 aliphatic carbocycles. The molecule has 0 amide bonds. The van der Waals surface area contributed by atoms with Crippen LogP contribution in [-0.2, 0) is 0 Å². The zero-order valence-electron chi connectivity index (χ0n) is 8.83. The molecule has 0 aromatic heterocycles. The fourth-order valence-electron chi connectivity index (χ4n) is 1.14. The Balaban J connectivity index is 3.09. The molecule has 4 heteroatoms. The predicted octanol–water partition coefficient (Wildman–Crippen LogP) is 2.67. The lowest BCUT2D eigenvalue weighted by molar-refractivity contribution is 0.112. The lowest BCUT2D eigenvalue weighted by Gasteiger charge is -2.11. The summed E-state index contributed by atoms with van der Waals surface area (Å²) in [7, 11) is 0. The van der Waals surface area contributed by atoms with Crippen molar-refractivity contribution in [1.82, 2.24) is 0 Å². The van der Waals surface area contributed by atoms with E-state index >= 15 is 0 Å². The molecule has 0 unspecified atom stereocenters. The number of aldehydes is 1. The third-order valence-corrected chi connectivity index (χ3v) is 2.49. The molecule has 0 heterocycles. The zero-order valence-corrected chi connectivity index (χ0v) is 10.4. The Morgan fingerprint density at radius 1 is 1.44 bits per heavy atom. The standard InChI is InChI=1S/C12H11BrO3/c1-3-5-16-12-7-10(13)9(8-14)6-11(12)15-4-2/h1,6-8H,4-5H2,2H3. The molecule has 0 saturated heterocycles. The average Bonchev–Trinajstić information content (AvgIpc) is 2.29. The highest BCUT2D eigenvalue weighted by atomic mass is 79.9. The number of carbonyl (C=O) groups excluding carboxylic acids is 1. The lowest BCUT2D eigenvalue weighted by Crippen LogP contribution is -2.00. The van der Waals surface area contributed by atoms with E-state index in [-0.39, 0.29) is 6.61 Å². The summed E-state index contributed by atoms with van der Waals surface area (Å²) in [5, 5.41) is 0. The highest BCUT2D eigenvalue weighted by molar-refractivity contribution is 9.10. The van der Waals surface area contributed by atoms with Gasteiger partial charge in [0.25, 0.3) is 0 Å². The summed E-state index contributed by atoms with van der Waals surface area (Å²) >= 11 is 3.27. The first kappa shape index (κ1) is 12.6. The van der Waals surface area contributed by atoms with Gasteiger partial charge in [0.05, 0.1) is 6.61 Å². The molecule has 1 aromatic rings. The van der Waals surface area contributed by atoms with Gasteiger partial charge in [-0.25, -0.2) is 0 Å². The number of carbonyl (C=O) groups is 1. The second-order valence-corrected chi connectivity index (χ2v) is 3.72. The maximum atomic E-state index is 10.8. The van der Waals surface area contributed by atoms with Gasteiger partial charge in [-0.2, -0.15) is 0 Å². The molecule has 0 radical (unpaired) electrons. The SMILES string of the molecule is C#CCOc1cc(Br)c(C=O)cc1OCC. The van der Waals surface area contributed by atoms with E-state index < -0.39 is 0 Å². The molecular formula is C12H11BrO3. The molecule has 0 saturated carbocycles. The van der Waals surface area contributed by atoms with E-state index in [1.54, 1.807) is 12.1 Å². The topological polar surface area (TPSA) is 35.5 Å². The van der Waals surface area contributed by atoms with E-state index in [1.807, 2.05) is 6.92 Å². The highest BCUT2D eigenvalue weighted by Gasteiger charge is 2.09. The number of hydrogen-bond donors (Lipinski definition) is 0. The summed E-state index contributed by atoms with van der Waals surface area (Å²) in [5.41, 5.74) is 0.511. The minimum Gasteiger partial charge on any atom is -0.490 e. The van der Waals surface area contributed by atoms with E-state index in [0.29, 0.717) is 28.1 Å². The van der Waals surface area contributed by atoms with Gasteiger partial charge in [0.1, 0.15) is 6.61 Å². The molecule has 0 aliphatic heterocycles. The maximum Gasteiger partial charge on any atom is 0.163 e. The molecule has 16 heavy (non-hydrogen) atoms. The normalized spacial score (nSPS) is 9.31. The maximum absolute atomic E-state index is 10.8. The van der Waals surface area contributed by atoms with Crippen LogP contribution in [0.2, 0.25) is 0 Å². The monoisotopic (exact) mass is 282 g/mol. The van der Waals surface area contributed by atoms with Crippen molar-refractivity contribution in [2.45, 2.75) is 6.92 Å². The van der Waals surface area contributed by atoms with Crippen LogP contribution in [0.1, 0.15) is 17.3 Å². The molecular weight excluding hydrogens is 272 g/mol. The van der Waals surface area contributed by atoms with Crippen LogP contribution < -0.4 is 9.47 Å². The zero-order chi connectivity index (χ0) is 12.0. The van der Waals surface area contributed by atoms with Crippen LogP contribution in [0.3, 0.4) is 0 Å². The second-order valence-electron chi connectivity index (χ2n) is 2.86. The lowest BCUT2D eigenvalue weighted by atomic mass is 10.2. The van der Waals surface area contributed by atoms with Crippen molar-refractivity contribution in [3.63, 3.8) is 0 Å². The summed E-state index contributed by atoms with van der Waals surface area (Å²) in [6.45, 7) is 2.51. The van der Waals surface area contributed by atoms with Crippen LogP contribution in [0, 0.1) is 12.3 Å². The van der Waals surface area contributed by atoms with Crippen LogP contribution in [-0.4, -0.2) is 19.5 Å². The van der Waals surface area contributed by atoms with Gasteiger partial charge in [0, 0.05) is 10.0 Å². The minimum absolute atomic E-state index is 0.160. The van der Waals surface area contributed by atoms with E-state index in [9.17, 15) is 4.79 Å². The molecule has 3 nitrogen and oxygen atoms in total. The molecule has 0 bridgehead atoms. The molecule has 0 aliphatic rings. The Hall–Kier alpha value is -1.47. The first-order chi connectivity index (χ1) is 7.72. The quantitative estimate of drug-likeness (QED) is 0.615. The Morgan fingerprint density at radius 3 is 2.69 bits per heavy atom. The number of hydrogen-bond acceptors (Lipinski definition) is 3. The van der Waals surface area contributed by atoms with Crippen molar-refractivity contribution in [1.29, 1.82) is 0 Å². The molecule has 1 aromatic carbocycles. The Labute approximate surface area is 103 Å². The summed E-state index contributed by atoms with van der Waals surface area (Å²) in [6, 6.07) is 3.29. The van der Waals surface area contributed by atoms with Gasteiger partial charge >= 0.3 is 0 Å². The first-order valence-electron chi connectivity index (χ1n) is 4.70. The summed E-state index contributed by atoms with van der Waals surface area (Å²) in [5.74, 6) is 3.41. The van der Waals surface area contributed by atoms with E-state index in [2.05, 4.69) is 21.9 Å². The molecule has 1 rings (SSSR count). The van der Waals surface area contributed by atoms with Gasteiger partial charge in [0.2, 0.25) is 0 Å². The van der Waals surface area contributed by atoms with E-state index in [1.165, 1.54) is 0 Å². The van der Waals surface area contributed by atoms with Gasteiger partial charge < -0.3 is 9.47 Å². The van der Waals surface area contributed by atoms with Crippen molar-refractivity contribution in [2.24, 2.45) is 0 Å². The molecule has 0 spiro atoms. The average molecular weight is 283 g/mol. The number of halogens is 1. The van der Waals surface area contributed by atoms with Crippen LogP contribution >= 0.6 is 15.9 Å². The van der Waals surface area contributed by atoms with Gasteiger partial charge in [-0.15, -0.1) is 6.42 Å². The predicted molar refractivity (Wildman–Crippen MR) is 65.0 cm³/mol. The highest BCUT2D eigenvalue weighted by Crippen LogP contribution is 2.33. The number of benzene rings is 1. The molecule has 0 fully saturated rings. The Morgan fingerprint density at radius 2 is 2.12 bits per heavy atom. The van der Waals surface area contributed by atoms with Crippen molar-refractivity contribution in [3.05, 3.63) is 22.2 Å². The van der Waals surface area contributed by atoms with Gasteiger partial charge in [0.15, 0.2) is 17.8 Å². The van der Waals surface area contributed by atoms with E-state index in [4.69, 9.17) is 15.9 Å². The third kappa shape index (κ3) is 3.01. The first-order valence-corrected chi connectivity index (χ1v) is 5.50. The summed E-state index contributed by atoms with van der Waals surface area (Å²) < 4.78 is 11.3. The van der Waals surface area contributed by atoms with Crippen molar-refractivity contribution in [3.8, 4) is 23.8 Å². The Bertz CT molecular complexity index is 421. The van der Waals surface area contributed by atoms with Gasteiger partial charge in [-0.3, -0.25) is 4.79 Å². The second kappa shape index (κ2) is 6.19. The fourth-order valence-corrected chi connectivity index (χ4v) is 1.56. The van der Waals surface area contributed by atoms with Crippen molar-refractivity contribution < 1.29 is 14.3 Å². The Kier molecular flexibility index (Phi) is 4.87. The summed E-state index contributed by atoms with van der Waals surface area (Å²) in [6.07, 6.45) is 5.86. The van der Waals surface area contributed by atoms with Crippen LogP contribution in [0.25, 0.3) is 0 Å². The van der Waals surface area contributed by atoms with Gasteiger partial charge in [-0.1, -0.05) is 5.92 Å². The number of terminal acetylenes is 1. The van der Waals surface area contributed by atoms with Crippen LogP contribution in [0.15, 0.2) is 16.6 Å². The molecule has 0 N–H and O–H groups in total. The molecule has 84 valence electrons. The minimum atomic E-state index is 0.160. The van der Waals surface area contributed by atoms with Crippen molar-refractivity contribution >= 4 is 22.2 Å². The van der Waals surface area contributed by atoms with E-state index in [0.717, 1.165) is 6.29 Å². The van der Waals surface area contributed by atoms with Crippen LogP contribution in [0.4, 0.5) is 0 Å². The van der Waals surface area contributed by atoms with Gasteiger partial charge in [-0.05, 0) is 35.0 Å².